The van der Waals surface area contributed by atoms with Crippen molar-refractivity contribution < 1.29 is 23.0 Å². The van der Waals surface area contributed by atoms with Crippen LogP contribution >= 0.6 is 0 Å². The smallest absolute Gasteiger partial charge is 0.410 e. The van der Waals surface area contributed by atoms with Crippen LogP contribution in [0.15, 0.2) is 18.2 Å². The molecule has 0 unspecified atom stereocenters. The molecule has 0 fully saturated rings. The van der Waals surface area contributed by atoms with E-state index in [9.17, 15) is 13.6 Å². The number of carbonyl (C=O) groups is 1. The molecule has 1 amide bonds. The first-order valence-electron chi connectivity index (χ1n) is 6.30. The van der Waals surface area contributed by atoms with E-state index in [1.807, 2.05) is 0 Å². The molecule has 0 bridgehead atoms. The molecule has 110 valence electrons. The number of rotatable bonds is 2. The van der Waals surface area contributed by atoms with Crippen LogP contribution in [0, 0.1) is 0 Å². The van der Waals surface area contributed by atoms with E-state index in [0.717, 1.165) is 5.56 Å². The molecule has 0 spiro atoms. The Hall–Kier alpha value is -1.85. The molecule has 0 atom stereocenters. The molecule has 1 aromatic carbocycles. The van der Waals surface area contributed by atoms with Gasteiger partial charge >= 0.3 is 12.7 Å². The van der Waals surface area contributed by atoms with Gasteiger partial charge in [-0.3, -0.25) is 4.90 Å². The maximum Gasteiger partial charge on any atom is 0.410 e. The molecule has 0 aromatic heterocycles. The van der Waals surface area contributed by atoms with Crippen molar-refractivity contribution in [3.05, 3.63) is 29.3 Å². The number of carbonyl (C=O) groups excluding carboxylic acids is 1. The highest BCUT2D eigenvalue weighted by atomic mass is 19.3. The number of alkyl halides is 2. The number of fused-ring (bicyclic) bond motifs is 1. The van der Waals surface area contributed by atoms with Gasteiger partial charge in [-0.05, 0) is 32.4 Å². The zero-order chi connectivity index (χ0) is 14.9. The summed E-state index contributed by atoms with van der Waals surface area (Å²) < 4.78 is 34.4. The zero-order valence-corrected chi connectivity index (χ0v) is 11.7. The lowest BCUT2D eigenvalue weighted by molar-refractivity contribution is -0.0505. The minimum atomic E-state index is -2.88. The van der Waals surface area contributed by atoms with Crippen LogP contribution in [0.2, 0.25) is 0 Å². The van der Waals surface area contributed by atoms with Gasteiger partial charge in [0.25, 0.3) is 0 Å². The van der Waals surface area contributed by atoms with Crippen molar-refractivity contribution in [2.24, 2.45) is 0 Å². The summed E-state index contributed by atoms with van der Waals surface area (Å²) in [5.41, 5.74) is 0.821. The minimum absolute atomic E-state index is 0.114. The van der Waals surface area contributed by atoms with Gasteiger partial charge in [-0.25, -0.2) is 4.79 Å². The zero-order valence-electron chi connectivity index (χ0n) is 11.7. The maximum absolute atomic E-state index is 12.3. The normalized spacial score (nSPS) is 14.4. The molecular weight excluding hydrogens is 268 g/mol. The largest absolute Gasteiger partial charge is 0.444 e. The fourth-order valence-corrected chi connectivity index (χ4v) is 2.05. The van der Waals surface area contributed by atoms with Crippen LogP contribution in [-0.2, 0) is 17.8 Å². The lowest BCUT2D eigenvalue weighted by atomic mass is 10.1. The fourth-order valence-electron chi connectivity index (χ4n) is 2.05. The van der Waals surface area contributed by atoms with Crippen LogP contribution < -0.4 is 4.74 Å². The second-order valence-electron chi connectivity index (χ2n) is 5.61. The van der Waals surface area contributed by atoms with E-state index in [4.69, 9.17) is 4.74 Å². The summed E-state index contributed by atoms with van der Waals surface area (Å²) in [4.78, 5) is 13.4. The highest BCUT2D eigenvalue weighted by molar-refractivity contribution is 5.69. The molecule has 1 heterocycles. The standard InChI is InChI=1S/C14H17F2NO3/c1-14(2,3)20-13(18)17-7-9-5-4-6-11(10(9)8-17)19-12(15)16/h4-6,12H,7-8H2,1-3H3. The minimum Gasteiger partial charge on any atom is -0.444 e. The van der Waals surface area contributed by atoms with Gasteiger partial charge in [0.05, 0.1) is 6.54 Å². The predicted molar refractivity (Wildman–Crippen MR) is 68.6 cm³/mol. The molecule has 6 heteroatoms. The Morgan fingerprint density at radius 3 is 2.60 bits per heavy atom. The Kier molecular flexibility index (Phi) is 3.83. The molecule has 0 aliphatic carbocycles. The average Bonchev–Trinajstić information content (AvgIpc) is 2.70. The molecule has 1 aliphatic heterocycles. The van der Waals surface area contributed by atoms with Crippen molar-refractivity contribution in [1.29, 1.82) is 0 Å². The maximum atomic E-state index is 12.3. The molecular formula is C14H17F2NO3. The number of hydrogen-bond donors (Lipinski definition) is 0. The molecule has 0 saturated heterocycles. The first kappa shape index (κ1) is 14.6. The van der Waals surface area contributed by atoms with Gasteiger partial charge in [-0.15, -0.1) is 0 Å². The molecule has 0 N–H and O–H groups in total. The lowest BCUT2D eigenvalue weighted by Crippen LogP contribution is -2.33. The molecule has 0 saturated carbocycles. The lowest BCUT2D eigenvalue weighted by Gasteiger charge is -2.24. The first-order valence-corrected chi connectivity index (χ1v) is 6.30. The highest BCUT2D eigenvalue weighted by Gasteiger charge is 2.30. The summed E-state index contributed by atoms with van der Waals surface area (Å²) in [6.45, 7) is 3.01. The number of benzene rings is 1. The van der Waals surface area contributed by atoms with Gasteiger partial charge in [0.1, 0.15) is 11.4 Å². The van der Waals surface area contributed by atoms with Crippen LogP contribution in [0.1, 0.15) is 31.9 Å². The van der Waals surface area contributed by atoms with Crippen LogP contribution in [0.5, 0.6) is 5.75 Å². The number of nitrogens with zero attached hydrogens (tertiary/aromatic N) is 1. The Bertz CT molecular complexity index is 512. The summed E-state index contributed by atoms with van der Waals surface area (Å²) in [5.74, 6) is 0.114. The third-order valence-electron chi connectivity index (χ3n) is 2.81. The quantitative estimate of drug-likeness (QED) is 0.834. The summed E-state index contributed by atoms with van der Waals surface area (Å²) in [5, 5.41) is 0. The second-order valence-corrected chi connectivity index (χ2v) is 5.61. The van der Waals surface area contributed by atoms with Crippen molar-refractivity contribution in [3.63, 3.8) is 0 Å². The fraction of sp³-hybridized carbons (Fsp3) is 0.500. The summed E-state index contributed by atoms with van der Waals surface area (Å²) in [6, 6.07) is 4.90. The average molecular weight is 285 g/mol. The van der Waals surface area contributed by atoms with Crippen molar-refractivity contribution in [2.75, 3.05) is 0 Å². The summed E-state index contributed by atoms with van der Waals surface area (Å²) >= 11 is 0. The van der Waals surface area contributed by atoms with E-state index in [1.165, 1.54) is 11.0 Å². The first-order chi connectivity index (χ1) is 9.26. The van der Waals surface area contributed by atoms with Crippen LogP contribution in [0.25, 0.3) is 0 Å². The Labute approximate surface area is 116 Å². The van der Waals surface area contributed by atoms with E-state index >= 15 is 0 Å². The Morgan fingerprint density at radius 1 is 1.30 bits per heavy atom. The third-order valence-corrected chi connectivity index (χ3v) is 2.81. The molecule has 2 rings (SSSR count). The number of halogens is 2. The van der Waals surface area contributed by atoms with Crippen LogP contribution in [0.3, 0.4) is 0 Å². The van der Waals surface area contributed by atoms with Gasteiger partial charge in [0, 0.05) is 12.1 Å². The number of hydrogen-bond acceptors (Lipinski definition) is 3. The van der Waals surface area contributed by atoms with E-state index < -0.39 is 18.3 Å². The summed E-state index contributed by atoms with van der Waals surface area (Å²) in [6.07, 6.45) is -0.461. The van der Waals surface area contributed by atoms with Crippen molar-refractivity contribution in [2.45, 2.75) is 46.1 Å². The highest BCUT2D eigenvalue weighted by Crippen LogP contribution is 2.32. The topological polar surface area (TPSA) is 38.8 Å². The second kappa shape index (κ2) is 5.26. The van der Waals surface area contributed by atoms with Crippen molar-refractivity contribution in [3.8, 4) is 5.75 Å². The SMILES string of the molecule is CC(C)(C)OC(=O)N1Cc2cccc(OC(F)F)c2C1. The van der Waals surface area contributed by atoms with E-state index in [-0.39, 0.29) is 12.3 Å². The molecule has 1 aromatic rings. The monoisotopic (exact) mass is 285 g/mol. The van der Waals surface area contributed by atoms with E-state index in [0.29, 0.717) is 12.1 Å². The van der Waals surface area contributed by atoms with Crippen molar-refractivity contribution in [1.82, 2.24) is 4.90 Å². The van der Waals surface area contributed by atoms with Gasteiger partial charge in [-0.2, -0.15) is 8.78 Å². The van der Waals surface area contributed by atoms with E-state index in [1.54, 1.807) is 32.9 Å². The van der Waals surface area contributed by atoms with Crippen molar-refractivity contribution >= 4 is 6.09 Å². The van der Waals surface area contributed by atoms with Gasteiger partial charge in [0.2, 0.25) is 0 Å². The van der Waals surface area contributed by atoms with Crippen LogP contribution in [-0.4, -0.2) is 23.2 Å². The predicted octanol–water partition coefficient (Wildman–Crippen LogP) is 3.54. The van der Waals surface area contributed by atoms with E-state index in [2.05, 4.69) is 4.74 Å². The molecule has 20 heavy (non-hydrogen) atoms. The van der Waals surface area contributed by atoms with Gasteiger partial charge in [0.15, 0.2) is 0 Å². The van der Waals surface area contributed by atoms with Gasteiger partial charge in [-0.1, -0.05) is 12.1 Å². The Balaban J connectivity index is 2.13. The number of ether oxygens (including phenoxy) is 2. The third kappa shape index (κ3) is 3.37. The molecule has 1 aliphatic rings. The van der Waals surface area contributed by atoms with Crippen LogP contribution in [0.4, 0.5) is 13.6 Å². The Morgan fingerprint density at radius 2 is 2.00 bits per heavy atom. The summed E-state index contributed by atoms with van der Waals surface area (Å²) in [7, 11) is 0. The molecule has 4 nitrogen and oxygen atoms in total. The molecule has 0 radical (unpaired) electrons. The number of amides is 1. The van der Waals surface area contributed by atoms with Gasteiger partial charge < -0.3 is 9.47 Å².